The van der Waals surface area contributed by atoms with Gasteiger partial charge in [0.15, 0.2) is 0 Å². The molecule has 0 heteroatoms. The molecular weight excluding hydrogens is 985 g/mol. The molecule has 21 aliphatic carbocycles. The molecule has 20 bridgehead atoms. The van der Waals surface area contributed by atoms with Crippen molar-refractivity contribution in [3.05, 3.63) is 0 Å². The Balaban J connectivity index is 0.0000000970. The van der Waals surface area contributed by atoms with Crippen LogP contribution >= 0.6 is 0 Å². The maximum atomic E-state index is 2.56. The van der Waals surface area contributed by atoms with Crippen LogP contribution in [0.2, 0.25) is 0 Å². The fourth-order valence-electron chi connectivity index (χ4n) is 26.2. The molecule has 0 aromatic carbocycles. The summed E-state index contributed by atoms with van der Waals surface area (Å²) in [6, 6.07) is 0. The normalized spacial score (nSPS) is 51.4. The minimum Gasteiger partial charge on any atom is -0.0625 e. The SMILES string of the molecule is CC12CC3CCC(CC(C3)C1)C2.CC1C2CCC1CC2.CC1CC2CCC(C1)C2.CC1CC2CCC(C1)C2.CC1CC2CCC1C2.CC1CC2CCC1C2.CC1CC2CCCC1CC2.CC1CCC2CCC1C2.CC1CCC2CCC1C2. The molecule has 0 heterocycles. The highest BCUT2D eigenvalue weighted by Gasteiger charge is 2.46. The Morgan fingerprint density at radius 3 is 0.817 bits per heavy atom. The Morgan fingerprint density at radius 1 is 0.195 bits per heavy atom. The summed E-state index contributed by atoms with van der Waals surface area (Å²) >= 11 is 0. The van der Waals surface area contributed by atoms with Gasteiger partial charge in [0.05, 0.1) is 0 Å². The van der Waals surface area contributed by atoms with E-state index in [1.165, 1.54) is 64.2 Å². The Morgan fingerprint density at radius 2 is 0.476 bits per heavy atom. The largest absolute Gasteiger partial charge is 0.0625 e. The van der Waals surface area contributed by atoms with Crippen LogP contribution in [0.4, 0.5) is 0 Å². The van der Waals surface area contributed by atoms with Crippen LogP contribution in [0.3, 0.4) is 0 Å². The first-order valence-corrected chi connectivity index (χ1v) is 39.6. The van der Waals surface area contributed by atoms with E-state index < -0.39 is 0 Å². The van der Waals surface area contributed by atoms with E-state index in [-0.39, 0.29) is 0 Å². The van der Waals surface area contributed by atoms with Gasteiger partial charge in [-0.3, -0.25) is 0 Å². The van der Waals surface area contributed by atoms with E-state index in [1.54, 1.807) is 225 Å². The van der Waals surface area contributed by atoms with Gasteiger partial charge in [-0.2, -0.15) is 0 Å². The summed E-state index contributed by atoms with van der Waals surface area (Å²) in [5.74, 6) is 30.1. The predicted octanol–water partition coefficient (Wildman–Crippen LogP) is 25.5. The van der Waals surface area contributed by atoms with Crippen LogP contribution in [-0.2, 0) is 0 Å². The molecule has 0 N–H and O–H groups in total. The lowest BCUT2D eigenvalue weighted by Crippen LogP contribution is -2.35. The van der Waals surface area contributed by atoms with Gasteiger partial charge < -0.3 is 0 Å². The van der Waals surface area contributed by atoms with E-state index in [0.29, 0.717) is 0 Å². The van der Waals surface area contributed by atoms with E-state index in [4.69, 9.17) is 0 Å². The molecular formula is C82H144. The Bertz CT molecular complexity index is 1710. The molecule has 0 saturated heterocycles. The van der Waals surface area contributed by atoms with Crippen molar-refractivity contribution in [1.29, 1.82) is 0 Å². The molecule has 0 aliphatic heterocycles. The maximum absolute atomic E-state index is 2.56. The second-order valence-electron chi connectivity index (χ2n) is 37.5. The Labute approximate surface area is 513 Å². The average molecular weight is 1130 g/mol. The van der Waals surface area contributed by atoms with Crippen molar-refractivity contribution in [2.24, 2.45) is 165 Å². The minimum absolute atomic E-state index is 0.785. The van der Waals surface area contributed by atoms with Gasteiger partial charge >= 0.3 is 0 Å². The van der Waals surface area contributed by atoms with Crippen molar-refractivity contribution < 1.29 is 0 Å². The number of rotatable bonds is 0. The fraction of sp³-hybridized carbons (Fsp3) is 1.00. The smallest absolute Gasteiger partial charge is 0.0318 e. The lowest BCUT2D eigenvalue weighted by molar-refractivity contribution is 0.0509. The predicted molar refractivity (Wildman–Crippen MR) is 355 cm³/mol. The van der Waals surface area contributed by atoms with Gasteiger partial charge in [-0.15, -0.1) is 0 Å². The van der Waals surface area contributed by atoms with E-state index >= 15 is 0 Å². The van der Waals surface area contributed by atoms with Crippen molar-refractivity contribution >= 4 is 0 Å². The summed E-state index contributed by atoms with van der Waals surface area (Å²) in [6.07, 6.45) is 69.9. The second kappa shape index (κ2) is 29.8. The van der Waals surface area contributed by atoms with Gasteiger partial charge in [0.2, 0.25) is 0 Å². The van der Waals surface area contributed by atoms with Gasteiger partial charge in [0.1, 0.15) is 0 Å². The molecule has 0 aromatic heterocycles. The highest BCUT2D eigenvalue weighted by Crippen LogP contribution is 2.58. The maximum Gasteiger partial charge on any atom is -0.0318 e. The summed E-state index contributed by atoms with van der Waals surface area (Å²) < 4.78 is 0. The van der Waals surface area contributed by atoms with E-state index in [9.17, 15) is 0 Å². The molecule has 21 rings (SSSR count). The number of fused-ring (bicyclic) bond motifs is 19. The van der Waals surface area contributed by atoms with E-state index in [2.05, 4.69) is 62.3 Å². The van der Waals surface area contributed by atoms with Crippen LogP contribution in [0.25, 0.3) is 0 Å². The first kappa shape index (κ1) is 63.6. The third-order valence-electron chi connectivity index (χ3n) is 30.9. The molecule has 472 valence electrons. The van der Waals surface area contributed by atoms with Crippen LogP contribution in [0, 0.1) is 165 Å². The molecule has 82 heavy (non-hydrogen) atoms. The number of hydrogen-bond donors (Lipinski definition) is 0. The Kier molecular flexibility index (Phi) is 23.1. The van der Waals surface area contributed by atoms with Crippen molar-refractivity contribution in [1.82, 2.24) is 0 Å². The van der Waals surface area contributed by atoms with Gasteiger partial charge in [-0.25, -0.2) is 0 Å². The molecule has 0 radical (unpaired) electrons. The molecule has 0 spiro atoms. The van der Waals surface area contributed by atoms with Crippen LogP contribution in [-0.4, -0.2) is 0 Å². The topological polar surface area (TPSA) is 0 Å². The Hall–Kier alpha value is 0. The minimum atomic E-state index is 0.785. The van der Waals surface area contributed by atoms with Crippen LogP contribution < -0.4 is 0 Å². The van der Waals surface area contributed by atoms with Gasteiger partial charge in [-0.05, 0) is 339 Å². The first-order chi connectivity index (χ1) is 39.6. The second-order valence-corrected chi connectivity index (χ2v) is 37.5. The molecule has 21 unspecified atom stereocenters. The first-order valence-electron chi connectivity index (χ1n) is 39.6. The average Bonchev–Trinajstić information content (AvgIpc) is 4.52. The standard InChI is InChI=1S/C12H20.C10H18.4C9H16.3C8H14/c1-12-6-9-2-3-10(7-12)5-11(4-9)8-12;1-8-7-9-3-2-4-10(8)6-5-9;2*1-7-4-8-2-3-9(5-7)6-8;2*1-7-2-3-8-4-5-9(7)6-8;2*1-6-4-7-2-3-8(6)5-7;1-6-7-2-3-8(6)5-4-7/h9-11H,2-8H2,1H3;8-10H,2-7H2,1H3;4*7-9H,2-6H2,1H3;3*6-8H,2-5H2,1H3. The van der Waals surface area contributed by atoms with Gasteiger partial charge in [-0.1, -0.05) is 178 Å². The number of hydrogen-bond acceptors (Lipinski definition) is 0. The van der Waals surface area contributed by atoms with Crippen LogP contribution in [0.5, 0.6) is 0 Å². The van der Waals surface area contributed by atoms with Crippen molar-refractivity contribution in [2.45, 2.75) is 351 Å². The van der Waals surface area contributed by atoms with E-state index in [0.717, 1.165) is 165 Å². The molecule has 21 fully saturated rings. The van der Waals surface area contributed by atoms with Crippen molar-refractivity contribution in [2.75, 3.05) is 0 Å². The van der Waals surface area contributed by atoms with E-state index in [1.807, 2.05) is 0 Å². The summed E-state index contributed by atoms with van der Waals surface area (Å²) in [7, 11) is 0. The molecule has 0 nitrogen and oxygen atoms in total. The summed E-state index contributed by atoms with van der Waals surface area (Å²) in [4.78, 5) is 0. The highest BCUT2D eigenvalue weighted by atomic mass is 14.5. The van der Waals surface area contributed by atoms with Gasteiger partial charge in [0, 0.05) is 0 Å². The van der Waals surface area contributed by atoms with Gasteiger partial charge in [0.25, 0.3) is 0 Å². The highest BCUT2D eigenvalue weighted by molar-refractivity contribution is 4.97. The fourth-order valence-corrected chi connectivity index (χ4v) is 26.2. The molecule has 0 aromatic rings. The third kappa shape index (κ3) is 17.5. The summed E-state index contributed by atoms with van der Waals surface area (Å²) in [5.41, 5.74) is 0.785. The zero-order valence-electron chi connectivity index (χ0n) is 56.9. The van der Waals surface area contributed by atoms with Crippen LogP contribution in [0.1, 0.15) is 351 Å². The van der Waals surface area contributed by atoms with Crippen LogP contribution in [0.15, 0.2) is 0 Å². The quantitative estimate of drug-likeness (QED) is 0.227. The molecule has 21 atom stereocenters. The molecule has 21 aliphatic rings. The summed E-state index contributed by atoms with van der Waals surface area (Å²) in [5, 5.41) is 0. The molecule has 0 amide bonds. The van der Waals surface area contributed by atoms with Crippen molar-refractivity contribution in [3.63, 3.8) is 0 Å². The zero-order valence-corrected chi connectivity index (χ0v) is 56.9. The lowest BCUT2D eigenvalue weighted by Gasteiger charge is -2.46. The monoisotopic (exact) mass is 1130 g/mol. The zero-order chi connectivity index (χ0) is 56.9. The third-order valence-corrected chi connectivity index (χ3v) is 30.9. The molecule has 21 saturated carbocycles. The summed E-state index contributed by atoms with van der Waals surface area (Å²) in [6.45, 7) is 22.0. The lowest BCUT2D eigenvalue weighted by atomic mass is 9.59. The van der Waals surface area contributed by atoms with Crippen molar-refractivity contribution in [3.8, 4) is 0 Å².